The highest BCUT2D eigenvalue weighted by Crippen LogP contribution is 2.00. The first-order valence-electron chi connectivity index (χ1n) is 2.25. The van der Waals surface area contributed by atoms with E-state index in [-0.39, 0.29) is 0 Å². The van der Waals surface area contributed by atoms with Crippen LogP contribution in [0.25, 0.3) is 0 Å². The quantitative estimate of drug-likeness (QED) is 0.343. The van der Waals surface area contributed by atoms with Gasteiger partial charge >= 0.3 is 6.09 Å². The second-order valence-electron chi connectivity index (χ2n) is 1.35. The van der Waals surface area contributed by atoms with Crippen molar-refractivity contribution >= 4 is 31.7 Å². The normalized spacial score (nSPS) is 9.70. The number of aliphatic hydroxyl groups excluding tert-OH is 1. The third-order valence-electron chi connectivity index (χ3n) is 0.519. The zero-order chi connectivity index (χ0) is 8.15. The second-order valence-corrected chi connectivity index (χ2v) is 2.46. The molecule has 0 rings (SSSR count). The summed E-state index contributed by atoms with van der Waals surface area (Å²) in [6, 6.07) is 0. The van der Waals surface area contributed by atoms with E-state index in [9.17, 15) is 4.79 Å². The third kappa shape index (κ3) is 4.74. The maximum absolute atomic E-state index is 10.4. The Morgan fingerprint density at radius 1 is 1.60 bits per heavy atom. The molecule has 0 bridgehead atoms. The van der Waals surface area contributed by atoms with Gasteiger partial charge in [0.2, 0.25) is 0 Å². The van der Waals surface area contributed by atoms with Gasteiger partial charge in [-0.05, 0) is 25.6 Å². The van der Waals surface area contributed by atoms with E-state index in [0.717, 1.165) is 0 Å². The van der Waals surface area contributed by atoms with Gasteiger partial charge in [0.05, 0.1) is 0 Å². The van der Waals surface area contributed by atoms with Gasteiger partial charge in [-0.15, -0.1) is 0 Å². The van der Waals surface area contributed by atoms with Gasteiger partial charge in [-0.2, -0.15) is 3.71 Å². The maximum atomic E-state index is 10.4. The first-order chi connectivity index (χ1) is 4.54. The van der Waals surface area contributed by atoms with Gasteiger partial charge in [-0.1, -0.05) is 0 Å². The number of carbonyl (C=O) groups is 1. The molecule has 1 amide bonds. The van der Waals surface area contributed by atoms with Crippen molar-refractivity contribution in [2.75, 3.05) is 6.61 Å². The van der Waals surface area contributed by atoms with Crippen molar-refractivity contribution < 1.29 is 19.7 Å². The number of ether oxygens (including phenoxy) is 1. The summed E-state index contributed by atoms with van der Waals surface area (Å²) in [5.41, 5.74) is 0. The van der Waals surface area contributed by atoms with Crippen molar-refractivity contribution in [2.45, 2.75) is 6.29 Å². The Labute approximate surface area is 68.7 Å². The van der Waals surface area contributed by atoms with Crippen molar-refractivity contribution in [3.63, 3.8) is 0 Å². The topological polar surface area (TPSA) is 70.0 Å². The number of amides is 1. The summed E-state index contributed by atoms with van der Waals surface area (Å²) in [6.45, 7) is -0.490. The minimum atomic E-state index is -1.66. The van der Waals surface area contributed by atoms with Crippen molar-refractivity contribution in [3.05, 3.63) is 0 Å². The molecule has 5 nitrogen and oxygen atoms in total. The zero-order valence-corrected chi connectivity index (χ0v) is 6.63. The van der Waals surface area contributed by atoms with Crippen LogP contribution in [0.2, 0.25) is 0 Å². The summed E-state index contributed by atoms with van der Waals surface area (Å²) in [7, 11) is 0. The summed E-state index contributed by atoms with van der Waals surface area (Å²) >= 11 is 6.91. The van der Waals surface area contributed by atoms with Gasteiger partial charge < -0.3 is 14.9 Å². The predicted molar refractivity (Wildman–Crippen MR) is 39.4 cm³/mol. The van der Waals surface area contributed by atoms with Gasteiger partial charge in [0, 0.05) is 0 Å². The molecular weight excluding hydrogens is 178 g/mol. The molecule has 0 aromatic carbocycles. The zero-order valence-electron chi connectivity index (χ0n) is 4.84. The minimum absolute atomic E-state index is 0.490. The van der Waals surface area contributed by atoms with Crippen LogP contribution in [0.5, 0.6) is 0 Å². The number of thiol groups is 2. The molecular formula is C3H7NO4S2. The third-order valence-corrected chi connectivity index (χ3v) is 0.846. The first-order valence-corrected chi connectivity index (χ1v) is 3.05. The molecule has 0 saturated heterocycles. The van der Waals surface area contributed by atoms with Crippen LogP contribution in [0.1, 0.15) is 0 Å². The summed E-state index contributed by atoms with van der Waals surface area (Å²) in [6.07, 6.45) is -2.52. The molecule has 0 aromatic heterocycles. The fourth-order valence-corrected chi connectivity index (χ4v) is 0.319. The Bertz CT molecular complexity index is 117. The van der Waals surface area contributed by atoms with Crippen LogP contribution < -0.4 is 0 Å². The fourth-order valence-electron chi connectivity index (χ4n) is 0.204. The van der Waals surface area contributed by atoms with Crippen LogP contribution >= 0.6 is 25.6 Å². The van der Waals surface area contributed by atoms with Gasteiger partial charge in [0.1, 0.15) is 6.61 Å². The van der Waals surface area contributed by atoms with E-state index in [4.69, 9.17) is 10.2 Å². The lowest BCUT2D eigenvalue weighted by molar-refractivity contribution is -0.0781. The molecule has 0 atom stereocenters. The van der Waals surface area contributed by atoms with Crippen LogP contribution in [0.4, 0.5) is 4.79 Å². The number of nitrogens with zero attached hydrogens (tertiary/aromatic N) is 1. The standard InChI is InChI=1S/C3H7NO4S2/c5-2(6)1-8-3(7)4(9)10/h2,5-6,9-10H,1H2. The van der Waals surface area contributed by atoms with E-state index in [1.807, 2.05) is 0 Å². The highest BCUT2D eigenvalue weighted by Gasteiger charge is 2.08. The van der Waals surface area contributed by atoms with Crippen molar-refractivity contribution in [2.24, 2.45) is 0 Å². The highest BCUT2D eigenvalue weighted by atomic mass is 32.2. The molecule has 0 aliphatic heterocycles. The van der Waals surface area contributed by atoms with Crippen LogP contribution in [0, 0.1) is 0 Å². The van der Waals surface area contributed by atoms with Gasteiger partial charge in [-0.3, -0.25) is 0 Å². The van der Waals surface area contributed by atoms with Gasteiger partial charge in [0.25, 0.3) is 0 Å². The highest BCUT2D eigenvalue weighted by molar-refractivity contribution is 7.94. The molecule has 0 spiro atoms. The van der Waals surface area contributed by atoms with E-state index in [1.54, 1.807) is 0 Å². The number of hydrogen-bond donors (Lipinski definition) is 4. The Kier molecular flexibility index (Phi) is 4.62. The molecule has 0 aromatic rings. The average molecular weight is 185 g/mol. The van der Waals surface area contributed by atoms with Crippen LogP contribution in [0.3, 0.4) is 0 Å². The molecule has 0 saturated carbocycles. The van der Waals surface area contributed by atoms with E-state index in [2.05, 4.69) is 30.4 Å². The van der Waals surface area contributed by atoms with E-state index in [0.29, 0.717) is 3.71 Å². The maximum Gasteiger partial charge on any atom is 0.430 e. The molecule has 7 heteroatoms. The Morgan fingerprint density at radius 3 is 2.40 bits per heavy atom. The van der Waals surface area contributed by atoms with Gasteiger partial charge in [-0.25, -0.2) is 4.79 Å². The van der Waals surface area contributed by atoms with Crippen molar-refractivity contribution in [3.8, 4) is 0 Å². The summed E-state index contributed by atoms with van der Waals surface area (Å²) in [4.78, 5) is 10.4. The molecule has 0 aliphatic carbocycles. The summed E-state index contributed by atoms with van der Waals surface area (Å²) in [5.74, 6) is 0. The fraction of sp³-hybridized carbons (Fsp3) is 0.667. The molecule has 0 heterocycles. The molecule has 0 unspecified atom stereocenters. The predicted octanol–water partition coefficient (Wildman–Crippen LogP) is -0.575. The Balaban J connectivity index is 3.40. The number of hydrogen-bond acceptors (Lipinski definition) is 6. The molecule has 0 fully saturated rings. The van der Waals surface area contributed by atoms with E-state index in [1.165, 1.54) is 0 Å². The number of aliphatic hydroxyl groups is 2. The monoisotopic (exact) mass is 185 g/mol. The smallest absolute Gasteiger partial charge is 0.430 e. The molecule has 0 radical (unpaired) electrons. The van der Waals surface area contributed by atoms with Crippen molar-refractivity contribution in [1.29, 1.82) is 0 Å². The van der Waals surface area contributed by atoms with Crippen LogP contribution in [-0.2, 0) is 4.74 Å². The lowest BCUT2D eigenvalue weighted by Crippen LogP contribution is -2.21. The molecule has 2 N–H and O–H groups in total. The van der Waals surface area contributed by atoms with Crippen LogP contribution in [0.15, 0.2) is 0 Å². The average Bonchev–Trinajstić information content (AvgIpc) is 1.82. The van der Waals surface area contributed by atoms with E-state index >= 15 is 0 Å². The molecule has 10 heavy (non-hydrogen) atoms. The second kappa shape index (κ2) is 4.67. The summed E-state index contributed by atoms with van der Waals surface area (Å²) < 4.78 is 4.78. The Hall–Kier alpha value is -0.110. The van der Waals surface area contributed by atoms with Gasteiger partial charge in [0.15, 0.2) is 6.29 Å². The van der Waals surface area contributed by atoms with Crippen molar-refractivity contribution in [1.82, 2.24) is 3.71 Å². The number of carbonyl (C=O) groups excluding carboxylic acids is 1. The van der Waals surface area contributed by atoms with Crippen LogP contribution in [-0.4, -0.2) is 32.9 Å². The molecule has 60 valence electrons. The Morgan fingerprint density at radius 2 is 2.10 bits per heavy atom. The lowest BCUT2D eigenvalue weighted by Gasteiger charge is -2.08. The molecule has 0 aliphatic rings. The minimum Gasteiger partial charge on any atom is -0.443 e. The largest absolute Gasteiger partial charge is 0.443 e. The van der Waals surface area contributed by atoms with E-state index < -0.39 is 19.0 Å². The summed E-state index contributed by atoms with van der Waals surface area (Å²) in [5, 5.41) is 16.4. The SMILES string of the molecule is O=C(OCC(O)O)N(S)S. The first kappa shape index (κ1) is 9.89. The number of rotatable bonds is 2. The lowest BCUT2D eigenvalue weighted by atomic mass is 10.7.